The fraction of sp³-hybridized carbons (Fsp3) is 0.440. The summed E-state index contributed by atoms with van der Waals surface area (Å²) in [6.07, 6.45) is 0.565. The molecule has 1 aliphatic heterocycles. The number of rotatable bonds is 9. The van der Waals surface area contributed by atoms with E-state index in [0.29, 0.717) is 24.9 Å². The van der Waals surface area contributed by atoms with E-state index in [1.54, 1.807) is 4.90 Å². The van der Waals surface area contributed by atoms with E-state index >= 15 is 0 Å². The van der Waals surface area contributed by atoms with Crippen molar-refractivity contribution >= 4 is 42.4 Å². The van der Waals surface area contributed by atoms with Gasteiger partial charge in [-0.25, -0.2) is 17.8 Å². The first-order chi connectivity index (χ1) is 16.7. The van der Waals surface area contributed by atoms with Crippen LogP contribution in [0.2, 0.25) is 0 Å². The van der Waals surface area contributed by atoms with E-state index in [1.807, 2.05) is 19.9 Å². The normalized spacial score (nSPS) is 14.9. The molecule has 2 heterocycles. The van der Waals surface area contributed by atoms with Crippen molar-refractivity contribution in [2.75, 3.05) is 50.0 Å². The molecule has 0 radical (unpaired) electrons. The molecule has 0 aliphatic carbocycles. The van der Waals surface area contributed by atoms with E-state index in [9.17, 15) is 17.6 Å². The lowest BCUT2D eigenvalue weighted by molar-refractivity contribution is -0.118. The predicted molar refractivity (Wildman–Crippen MR) is 136 cm³/mol. The first kappa shape index (κ1) is 25.7. The number of benzene rings is 2. The second-order valence-electron chi connectivity index (χ2n) is 8.80. The molecule has 7 nitrogen and oxygen atoms in total. The lowest BCUT2D eigenvalue weighted by Crippen LogP contribution is -2.39. The smallest absolute Gasteiger partial charge is 0.229 e. The van der Waals surface area contributed by atoms with Crippen molar-refractivity contribution in [1.82, 2.24) is 9.88 Å². The predicted octanol–water partition coefficient (Wildman–Crippen LogP) is 3.97. The van der Waals surface area contributed by atoms with Gasteiger partial charge in [-0.3, -0.25) is 14.6 Å². The molecule has 1 amide bonds. The monoisotopic (exact) mass is 519 g/mol. The SMILES string of the molecule is Cc1cc(C)c2sc(N(CCCN3CCOCC3)C(=O)CCS(=O)(=O)c3ccc(F)cc3)nc2c1. The van der Waals surface area contributed by atoms with E-state index in [1.165, 1.54) is 23.5 Å². The van der Waals surface area contributed by atoms with Gasteiger partial charge in [0.05, 0.1) is 34.1 Å². The quantitative estimate of drug-likeness (QED) is 0.398. The summed E-state index contributed by atoms with van der Waals surface area (Å²) < 4.78 is 45.1. The third-order valence-corrected chi connectivity index (χ3v) is 9.02. The van der Waals surface area contributed by atoms with Crippen molar-refractivity contribution in [3.63, 3.8) is 0 Å². The Morgan fingerprint density at radius 1 is 1.17 bits per heavy atom. The second-order valence-corrected chi connectivity index (χ2v) is 11.9. The van der Waals surface area contributed by atoms with Crippen LogP contribution in [0.1, 0.15) is 24.0 Å². The van der Waals surface area contributed by atoms with Crippen molar-refractivity contribution in [3.05, 3.63) is 53.3 Å². The van der Waals surface area contributed by atoms with Crippen LogP contribution in [0, 0.1) is 19.7 Å². The fourth-order valence-electron chi connectivity index (χ4n) is 4.20. The van der Waals surface area contributed by atoms with Gasteiger partial charge in [-0.2, -0.15) is 0 Å². The summed E-state index contributed by atoms with van der Waals surface area (Å²) in [5, 5.41) is 0.583. The standard InChI is InChI=1S/C25H30FN3O4S2/c1-18-16-19(2)24-22(17-18)27-25(34-24)29(10-3-9-28-11-13-33-14-12-28)23(30)8-15-35(31,32)21-6-4-20(26)5-7-21/h4-7,16-17H,3,8-15H2,1-2H3. The van der Waals surface area contributed by atoms with Crippen molar-refractivity contribution in [2.24, 2.45) is 0 Å². The number of thiazole rings is 1. The average Bonchev–Trinajstić information content (AvgIpc) is 3.25. The number of fused-ring (bicyclic) bond motifs is 1. The average molecular weight is 520 g/mol. The molecule has 1 aliphatic rings. The second kappa shape index (κ2) is 11.1. The molecular weight excluding hydrogens is 489 g/mol. The highest BCUT2D eigenvalue weighted by molar-refractivity contribution is 7.91. The number of ether oxygens (including phenoxy) is 1. The zero-order valence-electron chi connectivity index (χ0n) is 20.0. The summed E-state index contributed by atoms with van der Waals surface area (Å²) in [5.74, 6) is -1.14. The summed E-state index contributed by atoms with van der Waals surface area (Å²) in [6, 6.07) is 8.76. The molecule has 10 heteroatoms. The number of hydrogen-bond donors (Lipinski definition) is 0. The molecule has 0 saturated carbocycles. The first-order valence-corrected chi connectivity index (χ1v) is 14.2. The highest BCUT2D eigenvalue weighted by Gasteiger charge is 2.24. The fourth-order valence-corrected chi connectivity index (χ4v) is 6.49. The van der Waals surface area contributed by atoms with Gasteiger partial charge >= 0.3 is 0 Å². The maximum atomic E-state index is 13.3. The molecule has 0 atom stereocenters. The molecule has 188 valence electrons. The molecule has 1 saturated heterocycles. The van der Waals surface area contributed by atoms with Crippen molar-refractivity contribution in [3.8, 4) is 0 Å². The highest BCUT2D eigenvalue weighted by Crippen LogP contribution is 2.32. The number of carbonyl (C=O) groups is 1. The van der Waals surface area contributed by atoms with E-state index < -0.39 is 15.7 Å². The molecule has 35 heavy (non-hydrogen) atoms. The van der Waals surface area contributed by atoms with E-state index in [0.717, 1.165) is 59.5 Å². The van der Waals surface area contributed by atoms with Crippen LogP contribution in [0.3, 0.4) is 0 Å². The molecule has 0 bridgehead atoms. The van der Waals surface area contributed by atoms with Gasteiger partial charge in [0.15, 0.2) is 15.0 Å². The van der Waals surface area contributed by atoms with Crippen molar-refractivity contribution < 1.29 is 22.3 Å². The Balaban J connectivity index is 1.51. The number of sulfone groups is 1. The molecule has 1 fully saturated rings. The first-order valence-electron chi connectivity index (χ1n) is 11.7. The van der Waals surface area contributed by atoms with Crippen LogP contribution < -0.4 is 4.90 Å². The Morgan fingerprint density at radius 2 is 1.89 bits per heavy atom. The number of anilines is 1. The maximum absolute atomic E-state index is 13.3. The summed E-state index contributed by atoms with van der Waals surface area (Å²) >= 11 is 1.46. The summed E-state index contributed by atoms with van der Waals surface area (Å²) in [7, 11) is -3.72. The maximum Gasteiger partial charge on any atom is 0.229 e. The molecule has 0 unspecified atom stereocenters. The van der Waals surface area contributed by atoms with Gasteiger partial charge in [-0.05, 0) is 61.7 Å². The molecule has 0 spiro atoms. The molecular formula is C25H30FN3O4S2. The third-order valence-electron chi connectivity index (χ3n) is 6.06. The molecule has 3 aromatic rings. The zero-order chi connectivity index (χ0) is 25.0. The Kier molecular flexibility index (Phi) is 8.16. The zero-order valence-corrected chi connectivity index (χ0v) is 21.6. The number of nitrogens with zero attached hydrogens (tertiary/aromatic N) is 3. The molecule has 0 N–H and O–H groups in total. The van der Waals surface area contributed by atoms with Crippen LogP contribution >= 0.6 is 11.3 Å². The number of carbonyl (C=O) groups excluding carboxylic acids is 1. The topological polar surface area (TPSA) is 79.8 Å². The number of amides is 1. The van der Waals surface area contributed by atoms with Crippen molar-refractivity contribution in [1.29, 1.82) is 0 Å². The lowest BCUT2D eigenvalue weighted by Gasteiger charge is -2.27. The minimum atomic E-state index is -3.72. The Bertz CT molecular complexity index is 1290. The van der Waals surface area contributed by atoms with Crippen LogP contribution in [0.5, 0.6) is 0 Å². The van der Waals surface area contributed by atoms with Gasteiger partial charge < -0.3 is 4.74 Å². The number of halogens is 1. The van der Waals surface area contributed by atoms with Crippen LogP contribution in [0.4, 0.5) is 9.52 Å². The van der Waals surface area contributed by atoms with Gasteiger partial charge in [0.1, 0.15) is 5.82 Å². The van der Waals surface area contributed by atoms with E-state index in [4.69, 9.17) is 9.72 Å². The van der Waals surface area contributed by atoms with E-state index in [-0.39, 0.29) is 23.0 Å². The lowest BCUT2D eigenvalue weighted by atomic mass is 10.1. The van der Waals surface area contributed by atoms with Gasteiger partial charge in [0, 0.05) is 32.6 Å². The number of hydrogen-bond acceptors (Lipinski definition) is 7. The van der Waals surface area contributed by atoms with Crippen LogP contribution in [-0.2, 0) is 19.4 Å². The number of morpholine rings is 1. The molecule has 2 aromatic carbocycles. The largest absolute Gasteiger partial charge is 0.379 e. The Hall–Kier alpha value is -2.40. The van der Waals surface area contributed by atoms with Gasteiger partial charge in [-0.1, -0.05) is 17.4 Å². The van der Waals surface area contributed by atoms with E-state index in [2.05, 4.69) is 11.0 Å². The molecule has 4 rings (SSSR count). The van der Waals surface area contributed by atoms with Crippen LogP contribution in [0.25, 0.3) is 10.2 Å². The minimum absolute atomic E-state index is 0.0108. The van der Waals surface area contributed by atoms with Crippen molar-refractivity contribution in [2.45, 2.75) is 31.6 Å². The summed E-state index contributed by atoms with van der Waals surface area (Å²) in [6.45, 7) is 8.45. The van der Waals surface area contributed by atoms with Gasteiger partial charge in [-0.15, -0.1) is 0 Å². The van der Waals surface area contributed by atoms with Crippen LogP contribution in [0.15, 0.2) is 41.3 Å². The van der Waals surface area contributed by atoms with Gasteiger partial charge in [0.2, 0.25) is 5.91 Å². The van der Waals surface area contributed by atoms with Gasteiger partial charge in [0.25, 0.3) is 0 Å². The number of aromatic nitrogens is 1. The summed E-state index contributed by atoms with van der Waals surface area (Å²) in [4.78, 5) is 22.0. The minimum Gasteiger partial charge on any atom is -0.379 e. The number of aryl methyl sites for hydroxylation is 2. The Labute approximate surface area is 209 Å². The third kappa shape index (κ3) is 6.43. The Morgan fingerprint density at radius 3 is 2.60 bits per heavy atom. The highest BCUT2D eigenvalue weighted by atomic mass is 32.2. The van der Waals surface area contributed by atoms with Crippen LogP contribution in [-0.4, -0.2) is 69.4 Å². The summed E-state index contributed by atoms with van der Waals surface area (Å²) in [5.41, 5.74) is 3.04. The molecule has 1 aromatic heterocycles.